The van der Waals surface area contributed by atoms with Crippen molar-refractivity contribution in [3.63, 3.8) is 0 Å². The van der Waals surface area contributed by atoms with Crippen molar-refractivity contribution in [2.45, 2.75) is 0 Å². The fourth-order valence-corrected chi connectivity index (χ4v) is 1.17. The van der Waals surface area contributed by atoms with Gasteiger partial charge in [0.05, 0.1) is 7.11 Å². The average Bonchev–Trinajstić information content (AvgIpc) is 2.34. The molecule has 4 heteroatoms. The van der Waals surface area contributed by atoms with Crippen molar-refractivity contribution in [1.29, 1.82) is 0 Å². The van der Waals surface area contributed by atoms with Crippen LogP contribution in [0.1, 0.15) is 9.67 Å². The molecule has 0 aliphatic carbocycles. The first-order valence-electron chi connectivity index (χ1n) is 2.57. The van der Waals surface area contributed by atoms with E-state index in [4.69, 9.17) is 0 Å². The molecule has 0 bridgehead atoms. The van der Waals surface area contributed by atoms with Crippen LogP contribution in [-0.2, 0) is 4.74 Å². The van der Waals surface area contributed by atoms with Crippen molar-refractivity contribution in [2.24, 2.45) is 0 Å². The Bertz CT molecular complexity index is 244. The predicted octanol–water partition coefficient (Wildman–Crippen LogP) is 1.67. The zero-order valence-electron chi connectivity index (χ0n) is 5.26. The van der Waals surface area contributed by atoms with Crippen molar-refractivity contribution in [2.75, 3.05) is 7.11 Å². The number of ether oxygens (including phenoxy) is 1. The number of carbonyl (C=O) groups excluding carboxylic acids is 1. The molecule has 1 aromatic heterocycles. The molecule has 1 aromatic rings. The third kappa shape index (κ3) is 1.33. The number of thiophene rings is 1. The van der Waals surface area contributed by atoms with Gasteiger partial charge in [-0.15, -0.1) is 0 Å². The number of methoxy groups -OCH3 is 1. The molecule has 0 unspecified atom stereocenters. The molecule has 0 N–H and O–H groups in total. The van der Waals surface area contributed by atoms with Gasteiger partial charge in [0.25, 0.3) is 0 Å². The Hall–Kier alpha value is -0.900. The molecule has 0 radical (unpaired) electrons. The summed E-state index contributed by atoms with van der Waals surface area (Å²) in [7, 11) is 1.26. The maximum atomic E-state index is 12.2. The second-order valence-electron chi connectivity index (χ2n) is 1.60. The zero-order valence-corrected chi connectivity index (χ0v) is 6.07. The monoisotopic (exact) mass is 160 g/mol. The van der Waals surface area contributed by atoms with Crippen LogP contribution in [0, 0.1) is 5.13 Å². The fraction of sp³-hybridized carbons (Fsp3) is 0.167. The van der Waals surface area contributed by atoms with Gasteiger partial charge in [-0.05, 0) is 12.1 Å². The molecule has 0 aromatic carbocycles. The average molecular weight is 160 g/mol. The van der Waals surface area contributed by atoms with Gasteiger partial charge in [-0.1, -0.05) is 11.3 Å². The highest BCUT2D eigenvalue weighted by Crippen LogP contribution is 2.14. The van der Waals surface area contributed by atoms with E-state index < -0.39 is 5.97 Å². The van der Waals surface area contributed by atoms with E-state index in [9.17, 15) is 9.18 Å². The normalized spacial score (nSPS) is 9.40. The lowest BCUT2D eigenvalue weighted by Gasteiger charge is -1.90. The highest BCUT2D eigenvalue weighted by molar-refractivity contribution is 7.12. The second kappa shape index (κ2) is 2.79. The summed E-state index contributed by atoms with van der Waals surface area (Å²) in [6.45, 7) is 0. The highest BCUT2D eigenvalue weighted by atomic mass is 32.1. The SMILES string of the molecule is COC(=O)c1ccc(F)s1. The van der Waals surface area contributed by atoms with Crippen LogP contribution in [0.3, 0.4) is 0 Å². The van der Waals surface area contributed by atoms with E-state index in [2.05, 4.69) is 4.74 Å². The van der Waals surface area contributed by atoms with Crippen LogP contribution < -0.4 is 0 Å². The molecule has 0 saturated carbocycles. The summed E-state index contributed by atoms with van der Waals surface area (Å²) in [6, 6.07) is 2.63. The molecule has 0 aliphatic rings. The summed E-state index contributed by atoms with van der Waals surface area (Å²) in [5.74, 6) is -0.492. The smallest absolute Gasteiger partial charge is 0.348 e. The first-order valence-corrected chi connectivity index (χ1v) is 3.39. The van der Waals surface area contributed by atoms with Gasteiger partial charge >= 0.3 is 5.97 Å². The Morgan fingerprint density at radius 3 is 2.80 bits per heavy atom. The van der Waals surface area contributed by atoms with E-state index in [0.29, 0.717) is 4.88 Å². The minimum atomic E-state index is -0.492. The summed E-state index contributed by atoms with van der Waals surface area (Å²) >= 11 is 0.779. The quantitative estimate of drug-likeness (QED) is 0.584. The molecule has 1 rings (SSSR count). The highest BCUT2D eigenvalue weighted by Gasteiger charge is 2.07. The Kier molecular flexibility index (Phi) is 2.01. The molecule has 10 heavy (non-hydrogen) atoms. The Balaban J connectivity index is 2.85. The molecule has 0 saturated heterocycles. The number of hydrogen-bond donors (Lipinski definition) is 0. The first-order chi connectivity index (χ1) is 4.74. The molecule has 2 nitrogen and oxygen atoms in total. The van der Waals surface area contributed by atoms with Crippen molar-refractivity contribution in [3.05, 3.63) is 22.1 Å². The van der Waals surface area contributed by atoms with Crippen LogP contribution in [0.2, 0.25) is 0 Å². The summed E-state index contributed by atoms with van der Waals surface area (Å²) in [4.78, 5) is 10.9. The maximum Gasteiger partial charge on any atom is 0.348 e. The number of halogens is 1. The number of hydrogen-bond acceptors (Lipinski definition) is 3. The predicted molar refractivity (Wildman–Crippen MR) is 35.6 cm³/mol. The first kappa shape index (κ1) is 7.21. The fourth-order valence-electron chi connectivity index (χ4n) is 0.525. The third-order valence-corrected chi connectivity index (χ3v) is 1.81. The lowest BCUT2D eigenvalue weighted by molar-refractivity contribution is 0.0606. The van der Waals surface area contributed by atoms with Gasteiger partial charge in [-0.2, -0.15) is 4.39 Å². The van der Waals surface area contributed by atoms with Crippen LogP contribution >= 0.6 is 11.3 Å². The molecule has 1 heterocycles. The Morgan fingerprint density at radius 1 is 1.70 bits per heavy atom. The topological polar surface area (TPSA) is 26.3 Å². The van der Waals surface area contributed by atoms with Crippen LogP contribution in [0.5, 0.6) is 0 Å². The standard InChI is InChI=1S/C6H5FO2S/c1-9-6(8)4-2-3-5(7)10-4/h2-3H,1H3. The summed E-state index contributed by atoms with van der Waals surface area (Å²) < 4.78 is 16.6. The van der Waals surface area contributed by atoms with Gasteiger partial charge in [-0.25, -0.2) is 4.79 Å². The van der Waals surface area contributed by atoms with Crippen molar-refractivity contribution >= 4 is 17.3 Å². The van der Waals surface area contributed by atoms with E-state index in [1.807, 2.05) is 0 Å². The van der Waals surface area contributed by atoms with Gasteiger partial charge in [0, 0.05) is 0 Å². The minimum absolute atomic E-state index is 0.292. The van der Waals surface area contributed by atoms with Gasteiger partial charge in [-0.3, -0.25) is 0 Å². The number of esters is 1. The van der Waals surface area contributed by atoms with Crippen molar-refractivity contribution in [1.82, 2.24) is 0 Å². The van der Waals surface area contributed by atoms with Crippen LogP contribution in [0.25, 0.3) is 0 Å². The molecule has 0 spiro atoms. The molecule has 54 valence electrons. The Labute approximate surface area is 61.2 Å². The van der Waals surface area contributed by atoms with Crippen LogP contribution in [0.4, 0.5) is 4.39 Å². The van der Waals surface area contributed by atoms with E-state index >= 15 is 0 Å². The number of carbonyl (C=O) groups is 1. The second-order valence-corrected chi connectivity index (χ2v) is 2.63. The van der Waals surface area contributed by atoms with Gasteiger partial charge < -0.3 is 4.74 Å². The Morgan fingerprint density at radius 2 is 2.40 bits per heavy atom. The third-order valence-electron chi connectivity index (χ3n) is 0.960. The molecular formula is C6H5FO2S. The lowest BCUT2D eigenvalue weighted by Crippen LogP contribution is -1.96. The van der Waals surface area contributed by atoms with Gasteiger partial charge in [0.1, 0.15) is 4.88 Å². The summed E-state index contributed by atoms with van der Waals surface area (Å²) in [6.07, 6.45) is 0. The van der Waals surface area contributed by atoms with E-state index in [0.717, 1.165) is 11.3 Å². The number of rotatable bonds is 1. The van der Waals surface area contributed by atoms with E-state index in [1.54, 1.807) is 0 Å². The van der Waals surface area contributed by atoms with Crippen LogP contribution in [-0.4, -0.2) is 13.1 Å². The van der Waals surface area contributed by atoms with E-state index in [-0.39, 0.29) is 5.13 Å². The largest absolute Gasteiger partial charge is 0.465 e. The van der Waals surface area contributed by atoms with Crippen molar-refractivity contribution < 1.29 is 13.9 Å². The molecular weight excluding hydrogens is 155 g/mol. The lowest BCUT2D eigenvalue weighted by atomic mass is 10.5. The zero-order chi connectivity index (χ0) is 7.56. The molecule has 0 aliphatic heterocycles. The summed E-state index contributed by atoms with van der Waals surface area (Å²) in [5, 5.41) is -0.375. The molecule has 0 fully saturated rings. The van der Waals surface area contributed by atoms with Gasteiger partial charge in [0.2, 0.25) is 0 Å². The van der Waals surface area contributed by atoms with E-state index in [1.165, 1.54) is 19.2 Å². The summed E-state index contributed by atoms with van der Waals surface area (Å²) in [5.41, 5.74) is 0. The van der Waals surface area contributed by atoms with Crippen molar-refractivity contribution in [3.8, 4) is 0 Å². The minimum Gasteiger partial charge on any atom is -0.465 e. The molecule has 0 atom stereocenters. The molecule has 0 amide bonds. The maximum absolute atomic E-state index is 12.2. The van der Waals surface area contributed by atoms with Gasteiger partial charge in [0.15, 0.2) is 5.13 Å². The van der Waals surface area contributed by atoms with Crippen LogP contribution in [0.15, 0.2) is 12.1 Å².